The summed E-state index contributed by atoms with van der Waals surface area (Å²) >= 11 is 0. The predicted molar refractivity (Wildman–Crippen MR) is 79.9 cm³/mol. The van der Waals surface area contributed by atoms with E-state index in [0.29, 0.717) is 13.0 Å². The molecule has 1 saturated heterocycles. The number of ketones is 1. The average Bonchev–Trinajstić information content (AvgIpc) is 2.56. The van der Waals surface area contributed by atoms with Gasteiger partial charge in [0.2, 0.25) is 0 Å². The summed E-state index contributed by atoms with van der Waals surface area (Å²) in [7, 11) is 0. The molecule has 0 aliphatic carbocycles. The van der Waals surface area contributed by atoms with E-state index >= 15 is 0 Å². The second-order valence-corrected chi connectivity index (χ2v) is 5.14. The van der Waals surface area contributed by atoms with E-state index in [0.717, 1.165) is 17.7 Å². The number of rotatable bonds is 4. The van der Waals surface area contributed by atoms with Crippen molar-refractivity contribution >= 4 is 5.78 Å². The van der Waals surface area contributed by atoms with Gasteiger partial charge in [0.15, 0.2) is 5.78 Å². The van der Waals surface area contributed by atoms with Crippen LogP contribution in [0.1, 0.15) is 17.2 Å². The Bertz CT molecular complexity index is 586. The van der Waals surface area contributed by atoms with Gasteiger partial charge in [-0.05, 0) is 17.2 Å². The Hall–Kier alpha value is -2.04. The van der Waals surface area contributed by atoms with E-state index in [4.69, 9.17) is 4.74 Å². The third-order valence-corrected chi connectivity index (χ3v) is 3.64. The number of nitrogens with zero attached hydrogens (tertiary/aromatic N) is 1. The SMILES string of the molecule is O=C(Cc1cccnc1)C1OCCN[C@@H]1c1ccccc1. The highest BCUT2D eigenvalue weighted by Gasteiger charge is 2.32. The first-order valence-electron chi connectivity index (χ1n) is 7.16. The van der Waals surface area contributed by atoms with Gasteiger partial charge in [0, 0.05) is 25.4 Å². The van der Waals surface area contributed by atoms with Crippen molar-refractivity contribution in [2.75, 3.05) is 13.2 Å². The smallest absolute Gasteiger partial charge is 0.167 e. The van der Waals surface area contributed by atoms with Gasteiger partial charge >= 0.3 is 0 Å². The molecule has 1 aliphatic rings. The molecule has 108 valence electrons. The highest BCUT2D eigenvalue weighted by molar-refractivity contribution is 5.86. The lowest BCUT2D eigenvalue weighted by atomic mass is 9.94. The van der Waals surface area contributed by atoms with Gasteiger partial charge in [-0.2, -0.15) is 0 Å². The Kier molecular flexibility index (Phi) is 4.38. The maximum absolute atomic E-state index is 12.6. The van der Waals surface area contributed by atoms with E-state index in [2.05, 4.69) is 10.3 Å². The van der Waals surface area contributed by atoms with E-state index in [9.17, 15) is 4.79 Å². The van der Waals surface area contributed by atoms with Crippen LogP contribution < -0.4 is 5.32 Å². The molecule has 0 spiro atoms. The van der Waals surface area contributed by atoms with Crippen LogP contribution in [0.25, 0.3) is 0 Å². The standard InChI is InChI=1S/C17H18N2O2/c20-15(11-13-5-4-8-18-12-13)17-16(19-9-10-21-17)14-6-2-1-3-7-14/h1-8,12,16-17,19H,9-11H2/t16-,17?/m1/s1. The van der Waals surface area contributed by atoms with Gasteiger partial charge in [0.25, 0.3) is 0 Å². The number of morpholine rings is 1. The zero-order valence-electron chi connectivity index (χ0n) is 11.7. The van der Waals surface area contributed by atoms with Crippen LogP contribution in [0.4, 0.5) is 0 Å². The van der Waals surface area contributed by atoms with Crippen molar-refractivity contribution in [1.29, 1.82) is 0 Å². The fourth-order valence-corrected chi connectivity index (χ4v) is 2.64. The Morgan fingerprint density at radius 3 is 2.86 bits per heavy atom. The number of hydrogen-bond donors (Lipinski definition) is 1. The van der Waals surface area contributed by atoms with Crippen LogP contribution in [0.3, 0.4) is 0 Å². The summed E-state index contributed by atoms with van der Waals surface area (Å²) in [6, 6.07) is 13.7. The lowest BCUT2D eigenvalue weighted by Crippen LogP contribution is -2.46. The first-order chi connectivity index (χ1) is 10.3. The average molecular weight is 282 g/mol. The lowest BCUT2D eigenvalue weighted by Gasteiger charge is -2.32. The van der Waals surface area contributed by atoms with Gasteiger partial charge < -0.3 is 10.1 Å². The van der Waals surface area contributed by atoms with E-state index in [1.54, 1.807) is 12.4 Å². The number of carbonyl (C=O) groups excluding carboxylic acids is 1. The fraction of sp³-hybridized carbons (Fsp3) is 0.294. The van der Waals surface area contributed by atoms with Crippen LogP contribution in [0, 0.1) is 0 Å². The lowest BCUT2D eigenvalue weighted by molar-refractivity contribution is -0.134. The third-order valence-electron chi connectivity index (χ3n) is 3.64. The number of ether oxygens (including phenoxy) is 1. The summed E-state index contributed by atoms with van der Waals surface area (Å²) in [6.45, 7) is 1.32. The molecule has 2 atom stereocenters. The third kappa shape index (κ3) is 3.35. The molecule has 0 saturated carbocycles. The van der Waals surface area contributed by atoms with Gasteiger partial charge in [-0.25, -0.2) is 0 Å². The number of carbonyl (C=O) groups is 1. The molecule has 2 heterocycles. The monoisotopic (exact) mass is 282 g/mol. The predicted octanol–water partition coefficient (Wildman–Crippen LogP) is 1.92. The van der Waals surface area contributed by atoms with Crippen LogP contribution in [0.15, 0.2) is 54.9 Å². The molecule has 0 radical (unpaired) electrons. The van der Waals surface area contributed by atoms with Crippen molar-refractivity contribution in [2.24, 2.45) is 0 Å². The highest BCUT2D eigenvalue weighted by atomic mass is 16.5. The van der Waals surface area contributed by atoms with Gasteiger partial charge in [-0.1, -0.05) is 36.4 Å². The molecule has 1 fully saturated rings. The number of pyridine rings is 1. The van der Waals surface area contributed by atoms with E-state index in [-0.39, 0.29) is 11.8 Å². The normalized spacial score (nSPS) is 21.9. The van der Waals surface area contributed by atoms with Crippen molar-refractivity contribution < 1.29 is 9.53 Å². The second kappa shape index (κ2) is 6.61. The quantitative estimate of drug-likeness (QED) is 0.931. The largest absolute Gasteiger partial charge is 0.367 e. The number of nitrogens with one attached hydrogen (secondary N) is 1. The minimum atomic E-state index is -0.443. The molecule has 4 heteroatoms. The summed E-state index contributed by atoms with van der Waals surface area (Å²) in [5.41, 5.74) is 2.00. The fourth-order valence-electron chi connectivity index (χ4n) is 2.64. The molecule has 21 heavy (non-hydrogen) atoms. The van der Waals surface area contributed by atoms with Crippen LogP contribution in [0.5, 0.6) is 0 Å². The van der Waals surface area contributed by atoms with Crippen molar-refractivity contribution in [3.05, 3.63) is 66.0 Å². The first-order valence-corrected chi connectivity index (χ1v) is 7.16. The van der Waals surface area contributed by atoms with Gasteiger partial charge in [0.05, 0.1) is 12.6 Å². The summed E-state index contributed by atoms with van der Waals surface area (Å²) in [6.07, 6.45) is 3.34. The number of aromatic nitrogens is 1. The van der Waals surface area contributed by atoms with E-state index in [1.165, 1.54) is 0 Å². The van der Waals surface area contributed by atoms with E-state index < -0.39 is 6.10 Å². The Morgan fingerprint density at radius 2 is 2.10 bits per heavy atom. The Balaban J connectivity index is 1.76. The molecular weight excluding hydrogens is 264 g/mol. The van der Waals surface area contributed by atoms with Gasteiger partial charge in [0.1, 0.15) is 6.10 Å². The molecule has 0 bridgehead atoms. The van der Waals surface area contributed by atoms with Crippen molar-refractivity contribution in [3.63, 3.8) is 0 Å². The number of benzene rings is 1. The molecule has 1 aliphatic heterocycles. The summed E-state index contributed by atoms with van der Waals surface area (Å²) in [5.74, 6) is 0.0871. The minimum absolute atomic E-state index is 0.0795. The zero-order valence-corrected chi connectivity index (χ0v) is 11.7. The second-order valence-electron chi connectivity index (χ2n) is 5.14. The molecule has 1 aromatic carbocycles. The Labute approximate surface area is 124 Å². The summed E-state index contributed by atoms with van der Waals surface area (Å²) in [5, 5.41) is 3.39. The van der Waals surface area contributed by atoms with Crippen LogP contribution in [0.2, 0.25) is 0 Å². The molecule has 1 aromatic heterocycles. The van der Waals surface area contributed by atoms with Crippen molar-refractivity contribution in [2.45, 2.75) is 18.6 Å². The summed E-state index contributed by atoms with van der Waals surface area (Å²) < 4.78 is 5.75. The molecule has 0 amide bonds. The maximum Gasteiger partial charge on any atom is 0.167 e. The maximum atomic E-state index is 12.6. The van der Waals surface area contributed by atoms with Crippen molar-refractivity contribution in [1.82, 2.24) is 10.3 Å². The molecule has 3 rings (SSSR count). The van der Waals surface area contributed by atoms with Crippen LogP contribution in [-0.4, -0.2) is 30.0 Å². The zero-order chi connectivity index (χ0) is 14.5. The van der Waals surface area contributed by atoms with Gasteiger partial charge in [-0.3, -0.25) is 9.78 Å². The minimum Gasteiger partial charge on any atom is -0.367 e. The molecule has 1 N–H and O–H groups in total. The van der Waals surface area contributed by atoms with Crippen LogP contribution in [-0.2, 0) is 16.0 Å². The van der Waals surface area contributed by atoms with Crippen molar-refractivity contribution in [3.8, 4) is 0 Å². The molecule has 2 aromatic rings. The molecular formula is C17H18N2O2. The molecule has 1 unspecified atom stereocenters. The highest BCUT2D eigenvalue weighted by Crippen LogP contribution is 2.23. The number of Topliss-reactive ketones (excluding diaryl/α,β-unsaturated/α-hetero) is 1. The topological polar surface area (TPSA) is 51.2 Å². The van der Waals surface area contributed by atoms with E-state index in [1.807, 2.05) is 42.5 Å². The number of hydrogen-bond acceptors (Lipinski definition) is 4. The van der Waals surface area contributed by atoms with Gasteiger partial charge in [-0.15, -0.1) is 0 Å². The van der Waals surface area contributed by atoms with Crippen LogP contribution >= 0.6 is 0 Å². The molecule has 4 nitrogen and oxygen atoms in total. The first kappa shape index (κ1) is 13.9. The Morgan fingerprint density at radius 1 is 1.24 bits per heavy atom. The summed E-state index contributed by atoms with van der Waals surface area (Å²) in [4.78, 5) is 16.6.